The lowest BCUT2D eigenvalue weighted by Crippen LogP contribution is -2.52. The number of piperidine rings is 3. The summed E-state index contributed by atoms with van der Waals surface area (Å²) in [6.45, 7) is 4.74. The molecule has 1 amide bonds. The van der Waals surface area contributed by atoms with Gasteiger partial charge in [-0.1, -0.05) is 24.3 Å². The molecule has 0 saturated carbocycles. The van der Waals surface area contributed by atoms with Crippen molar-refractivity contribution in [3.63, 3.8) is 0 Å². The molecule has 4 aliphatic rings. The number of nitrogens with zero attached hydrogens (tertiary/aromatic N) is 1. The van der Waals surface area contributed by atoms with E-state index in [0.29, 0.717) is 25.7 Å². The number of amides is 1. The Kier molecular flexibility index (Phi) is 6.69. The molecular formula is C26H32N2O5. The van der Waals surface area contributed by atoms with E-state index < -0.39 is 0 Å². The van der Waals surface area contributed by atoms with Crippen LogP contribution in [0.3, 0.4) is 0 Å². The lowest BCUT2D eigenvalue weighted by atomic mass is 9.86. The van der Waals surface area contributed by atoms with Gasteiger partial charge >= 0.3 is 6.09 Å². The van der Waals surface area contributed by atoms with Crippen LogP contribution in [0.2, 0.25) is 0 Å². The molecule has 176 valence electrons. The zero-order valence-electron chi connectivity index (χ0n) is 19.1. The number of fused-ring (bicyclic) bond motifs is 4. The summed E-state index contributed by atoms with van der Waals surface area (Å²) < 4.78 is 22.6. The summed E-state index contributed by atoms with van der Waals surface area (Å²) >= 11 is 0. The lowest BCUT2D eigenvalue weighted by molar-refractivity contribution is -0.0342. The van der Waals surface area contributed by atoms with Gasteiger partial charge in [0, 0.05) is 25.6 Å². The van der Waals surface area contributed by atoms with E-state index in [2.05, 4.69) is 22.3 Å². The molecule has 4 heterocycles. The van der Waals surface area contributed by atoms with E-state index in [9.17, 15) is 4.79 Å². The summed E-state index contributed by atoms with van der Waals surface area (Å²) in [5.74, 6) is 2.11. The highest BCUT2D eigenvalue weighted by atomic mass is 16.6. The molecule has 1 N–H and O–H groups in total. The minimum absolute atomic E-state index is 0.00701. The largest absolute Gasteiger partial charge is 0.493 e. The predicted octanol–water partition coefficient (Wildman–Crippen LogP) is 4.02. The summed E-state index contributed by atoms with van der Waals surface area (Å²) in [6, 6.07) is 14.0. The first kappa shape index (κ1) is 22.0. The average Bonchev–Trinajstić information content (AvgIpc) is 2.85. The number of ether oxygens (including phenoxy) is 4. The molecule has 6 rings (SSSR count). The van der Waals surface area contributed by atoms with E-state index in [1.807, 2.05) is 30.3 Å². The second-order valence-electron chi connectivity index (χ2n) is 9.04. The number of hydrogen-bond donors (Lipinski definition) is 1. The maximum absolute atomic E-state index is 12.7. The third-order valence-corrected chi connectivity index (χ3v) is 6.92. The molecule has 0 radical (unpaired) electrons. The van der Waals surface area contributed by atoms with E-state index in [1.54, 1.807) is 7.11 Å². The molecule has 33 heavy (non-hydrogen) atoms. The van der Waals surface area contributed by atoms with Crippen molar-refractivity contribution in [3.05, 3.63) is 48.0 Å². The zero-order valence-corrected chi connectivity index (χ0v) is 19.1. The lowest BCUT2D eigenvalue weighted by Gasteiger charge is -2.44. The van der Waals surface area contributed by atoms with Crippen molar-refractivity contribution >= 4 is 6.09 Å². The molecule has 4 aliphatic heterocycles. The van der Waals surface area contributed by atoms with Gasteiger partial charge in [0.15, 0.2) is 0 Å². The molecule has 7 heteroatoms. The van der Waals surface area contributed by atoms with Crippen molar-refractivity contribution in [2.45, 2.75) is 31.4 Å². The molecule has 2 aromatic carbocycles. The first-order valence-corrected chi connectivity index (χ1v) is 11.9. The van der Waals surface area contributed by atoms with Gasteiger partial charge in [0.1, 0.15) is 24.2 Å². The number of carbonyl (C=O) groups is 1. The average molecular weight is 453 g/mol. The van der Waals surface area contributed by atoms with Crippen molar-refractivity contribution in [1.82, 2.24) is 10.2 Å². The molecule has 7 nitrogen and oxygen atoms in total. The second kappa shape index (κ2) is 10.0. The van der Waals surface area contributed by atoms with Crippen LogP contribution in [0.15, 0.2) is 42.5 Å². The third kappa shape index (κ3) is 5.09. The van der Waals surface area contributed by atoms with Crippen LogP contribution in [0.4, 0.5) is 4.79 Å². The van der Waals surface area contributed by atoms with Gasteiger partial charge in [-0.3, -0.25) is 4.90 Å². The van der Waals surface area contributed by atoms with Crippen LogP contribution in [0.5, 0.6) is 11.5 Å². The molecule has 2 aromatic rings. The standard InChI is InChI=1S/C26H32N2O5/c1-30-13-14-31-21-4-2-3-19(15-21)20-5-6-22-23(9-12-32-24(22)16-20)27-26(29)33-25-17-28-10-7-18(25)8-11-28/h2-6,15-16,18,23,25H,7-14,17H2,1H3,(H,27,29)/t23?,25-/m0/s1. The van der Waals surface area contributed by atoms with Crippen LogP contribution in [0.1, 0.15) is 30.9 Å². The minimum Gasteiger partial charge on any atom is -0.493 e. The van der Waals surface area contributed by atoms with E-state index in [4.69, 9.17) is 18.9 Å². The van der Waals surface area contributed by atoms with Crippen molar-refractivity contribution in [3.8, 4) is 22.6 Å². The molecule has 0 spiro atoms. The fraction of sp³-hybridized carbons (Fsp3) is 0.500. The minimum atomic E-state index is -0.323. The van der Waals surface area contributed by atoms with Crippen molar-refractivity contribution < 1.29 is 23.7 Å². The van der Waals surface area contributed by atoms with Crippen LogP contribution in [0, 0.1) is 5.92 Å². The Balaban J connectivity index is 1.25. The summed E-state index contributed by atoms with van der Waals surface area (Å²) in [7, 11) is 1.66. The maximum atomic E-state index is 12.7. The van der Waals surface area contributed by atoms with Crippen LogP contribution in [0.25, 0.3) is 11.1 Å². The van der Waals surface area contributed by atoms with E-state index in [1.165, 1.54) is 0 Å². The molecule has 0 aromatic heterocycles. The Labute approximate surface area is 195 Å². The third-order valence-electron chi connectivity index (χ3n) is 6.92. The first-order valence-electron chi connectivity index (χ1n) is 11.9. The van der Waals surface area contributed by atoms with Gasteiger partial charge in [0.2, 0.25) is 0 Å². The van der Waals surface area contributed by atoms with Gasteiger partial charge in [0.25, 0.3) is 0 Å². The number of rotatable bonds is 7. The zero-order chi connectivity index (χ0) is 22.6. The smallest absolute Gasteiger partial charge is 0.407 e. The molecular weight excluding hydrogens is 420 g/mol. The van der Waals surface area contributed by atoms with Crippen molar-refractivity contribution in [2.24, 2.45) is 5.92 Å². The number of carbonyl (C=O) groups excluding carboxylic acids is 1. The number of alkyl carbamates (subject to hydrolysis) is 1. The fourth-order valence-corrected chi connectivity index (χ4v) is 5.09. The SMILES string of the molecule is COCCOc1cccc(-c2ccc3c(c2)OCCC3NC(=O)O[C@H]2CN3CCC2CC3)c1. The summed E-state index contributed by atoms with van der Waals surface area (Å²) in [6.07, 6.45) is 2.66. The molecule has 0 aliphatic carbocycles. The van der Waals surface area contributed by atoms with E-state index in [0.717, 1.165) is 67.1 Å². The van der Waals surface area contributed by atoms with Crippen LogP contribution < -0.4 is 14.8 Å². The second-order valence-corrected chi connectivity index (χ2v) is 9.04. The Morgan fingerprint density at radius 1 is 1.09 bits per heavy atom. The van der Waals surface area contributed by atoms with Gasteiger partial charge in [0.05, 0.1) is 19.3 Å². The first-order chi connectivity index (χ1) is 16.2. The highest BCUT2D eigenvalue weighted by molar-refractivity contribution is 5.70. The van der Waals surface area contributed by atoms with Gasteiger partial charge in [-0.15, -0.1) is 0 Å². The monoisotopic (exact) mass is 452 g/mol. The molecule has 1 unspecified atom stereocenters. The molecule has 2 atom stereocenters. The van der Waals surface area contributed by atoms with E-state index >= 15 is 0 Å². The Hall–Kier alpha value is -2.77. The maximum Gasteiger partial charge on any atom is 0.407 e. The highest BCUT2D eigenvalue weighted by Crippen LogP contribution is 2.36. The number of benzene rings is 2. The Bertz CT molecular complexity index is 973. The number of nitrogens with one attached hydrogen (secondary N) is 1. The van der Waals surface area contributed by atoms with Crippen molar-refractivity contribution in [2.75, 3.05) is 46.6 Å². The van der Waals surface area contributed by atoms with Crippen LogP contribution in [-0.4, -0.2) is 63.7 Å². The Morgan fingerprint density at radius 2 is 1.94 bits per heavy atom. The number of methoxy groups -OCH3 is 1. The normalized spacial score (nSPS) is 25.6. The summed E-state index contributed by atoms with van der Waals surface area (Å²) in [5, 5.41) is 3.09. The van der Waals surface area contributed by atoms with Crippen LogP contribution >= 0.6 is 0 Å². The van der Waals surface area contributed by atoms with Gasteiger partial charge in [-0.25, -0.2) is 4.79 Å². The molecule has 3 fully saturated rings. The van der Waals surface area contributed by atoms with Crippen LogP contribution in [-0.2, 0) is 9.47 Å². The van der Waals surface area contributed by atoms with Gasteiger partial charge in [-0.05, 0) is 61.2 Å². The summed E-state index contributed by atoms with van der Waals surface area (Å²) in [5.41, 5.74) is 3.08. The predicted molar refractivity (Wildman–Crippen MR) is 125 cm³/mol. The quantitative estimate of drug-likeness (QED) is 0.640. The van der Waals surface area contributed by atoms with Gasteiger partial charge in [-0.2, -0.15) is 0 Å². The molecule has 3 saturated heterocycles. The van der Waals surface area contributed by atoms with Gasteiger partial charge < -0.3 is 24.3 Å². The van der Waals surface area contributed by atoms with Crippen molar-refractivity contribution in [1.29, 1.82) is 0 Å². The van der Waals surface area contributed by atoms with E-state index in [-0.39, 0.29) is 18.2 Å². The fourth-order valence-electron chi connectivity index (χ4n) is 5.09. The molecule has 2 bridgehead atoms. The summed E-state index contributed by atoms with van der Waals surface area (Å²) in [4.78, 5) is 15.1. The topological polar surface area (TPSA) is 69.3 Å². The highest BCUT2D eigenvalue weighted by Gasteiger charge is 2.37. The number of hydrogen-bond acceptors (Lipinski definition) is 6. The Morgan fingerprint density at radius 3 is 2.73 bits per heavy atom.